The van der Waals surface area contributed by atoms with Gasteiger partial charge in [0.05, 0.1) is 27.5 Å². The molecule has 164 valence electrons. The summed E-state index contributed by atoms with van der Waals surface area (Å²) in [5, 5.41) is 0.604. The number of anilines is 2. The first-order valence-electron chi connectivity index (χ1n) is 9.11. The van der Waals surface area contributed by atoms with Gasteiger partial charge in [-0.1, -0.05) is 23.9 Å². The number of nitrogens with zero attached hydrogens (tertiary/aromatic N) is 3. The van der Waals surface area contributed by atoms with E-state index >= 15 is 0 Å². The topological polar surface area (TPSA) is 139 Å². The highest BCUT2D eigenvalue weighted by atomic mass is 32.2. The van der Waals surface area contributed by atoms with Gasteiger partial charge in [0.1, 0.15) is 16.7 Å². The Hall–Kier alpha value is -2.38. The first-order chi connectivity index (χ1) is 14.5. The third kappa shape index (κ3) is 3.96. The lowest BCUT2D eigenvalue weighted by Crippen LogP contribution is -2.50. The molecule has 0 fully saturated rings. The van der Waals surface area contributed by atoms with E-state index in [0.29, 0.717) is 22.1 Å². The van der Waals surface area contributed by atoms with Gasteiger partial charge in [0, 0.05) is 18.2 Å². The SMILES string of the molecule is CS(=O)(=O)c1ccc(N2C=NC3=C(C2N)N(c2ccccc2S(C)(=O)=O)C(N)S3)cc1. The Morgan fingerprint density at radius 1 is 0.935 bits per heavy atom. The molecule has 0 amide bonds. The largest absolute Gasteiger partial charge is 0.313 e. The molecule has 2 heterocycles. The number of hydrogen-bond acceptors (Lipinski definition) is 10. The number of para-hydroxylation sites is 1. The molecular formula is C19H21N5O4S3. The van der Waals surface area contributed by atoms with Gasteiger partial charge in [-0.2, -0.15) is 0 Å². The molecule has 31 heavy (non-hydrogen) atoms. The van der Waals surface area contributed by atoms with Crippen LogP contribution in [0, 0.1) is 0 Å². The molecular weight excluding hydrogens is 458 g/mol. The van der Waals surface area contributed by atoms with Gasteiger partial charge in [0.15, 0.2) is 19.7 Å². The van der Waals surface area contributed by atoms with E-state index in [0.717, 1.165) is 12.5 Å². The van der Waals surface area contributed by atoms with E-state index in [4.69, 9.17) is 11.5 Å². The molecule has 2 aliphatic heterocycles. The lowest BCUT2D eigenvalue weighted by Gasteiger charge is -2.36. The van der Waals surface area contributed by atoms with E-state index in [2.05, 4.69) is 4.99 Å². The maximum absolute atomic E-state index is 12.3. The van der Waals surface area contributed by atoms with Gasteiger partial charge < -0.3 is 21.3 Å². The monoisotopic (exact) mass is 479 g/mol. The Balaban J connectivity index is 1.75. The molecule has 0 radical (unpaired) electrons. The van der Waals surface area contributed by atoms with E-state index in [1.807, 2.05) is 0 Å². The highest BCUT2D eigenvalue weighted by Gasteiger charge is 2.40. The predicted molar refractivity (Wildman–Crippen MR) is 123 cm³/mol. The summed E-state index contributed by atoms with van der Waals surface area (Å²) in [5.41, 5.74) is 13.9. The van der Waals surface area contributed by atoms with Gasteiger partial charge in [0.25, 0.3) is 0 Å². The number of rotatable bonds is 4. The van der Waals surface area contributed by atoms with Gasteiger partial charge in [-0.25, -0.2) is 21.8 Å². The molecule has 4 rings (SSSR count). The fraction of sp³-hybridized carbons (Fsp3) is 0.211. The minimum absolute atomic E-state index is 0.144. The van der Waals surface area contributed by atoms with E-state index in [-0.39, 0.29) is 9.79 Å². The number of hydrogen-bond donors (Lipinski definition) is 2. The normalized spacial score (nSPS) is 21.5. The molecule has 12 heteroatoms. The Labute approximate surface area is 185 Å². The van der Waals surface area contributed by atoms with Crippen molar-refractivity contribution >= 4 is 49.1 Å². The highest BCUT2D eigenvalue weighted by Crippen LogP contribution is 2.44. The second kappa shape index (κ2) is 7.64. The third-order valence-electron chi connectivity index (χ3n) is 4.93. The molecule has 0 saturated heterocycles. The minimum atomic E-state index is -3.51. The van der Waals surface area contributed by atoms with Crippen LogP contribution in [0.1, 0.15) is 0 Å². The molecule has 2 aliphatic rings. The molecule has 2 aromatic rings. The fourth-order valence-electron chi connectivity index (χ4n) is 3.48. The fourth-order valence-corrected chi connectivity index (χ4v) is 5.99. The smallest absolute Gasteiger partial charge is 0.177 e. The van der Waals surface area contributed by atoms with Crippen LogP contribution in [0.5, 0.6) is 0 Å². The first kappa shape index (κ1) is 21.8. The Morgan fingerprint density at radius 3 is 2.19 bits per heavy atom. The van der Waals surface area contributed by atoms with Gasteiger partial charge >= 0.3 is 0 Å². The lowest BCUT2D eigenvalue weighted by molar-refractivity contribution is 0.599. The van der Waals surface area contributed by atoms with E-state index in [1.54, 1.807) is 46.5 Å². The second-order valence-electron chi connectivity index (χ2n) is 7.17. The number of aliphatic imine (C=N–C) groups is 1. The van der Waals surface area contributed by atoms with Crippen molar-refractivity contribution in [1.29, 1.82) is 0 Å². The molecule has 9 nitrogen and oxygen atoms in total. The van der Waals surface area contributed by atoms with Gasteiger partial charge in [-0.3, -0.25) is 0 Å². The van der Waals surface area contributed by atoms with Crippen molar-refractivity contribution in [3.05, 3.63) is 59.3 Å². The molecule has 2 unspecified atom stereocenters. The van der Waals surface area contributed by atoms with Crippen LogP contribution in [0.3, 0.4) is 0 Å². The summed E-state index contributed by atoms with van der Waals surface area (Å²) < 4.78 is 48.2. The zero-order chi connectivity index (χ0) is 22.6. The molecule has 2 aromatic carbocycles. The Bertz CT molecular complexity index is 1300. The van der Waals surface area contributed by atoms with Crippen LogP contribution >= 0.6 is 11.8 Å². The minimum Gasteiger partial charge on any atom is -0.313 e. The molecule has 0 aromatic heterocycles. The highest BCUT2D eigenvalue weighted by molar-refractivity contribution is 8.04. The first-order valence-corrected chi connectivity index (χ1v) is 13.8. The summed E-state index contributed by atoms with van der Waals surface area (Å²) in [5.74, 6) is 0. The van der Waals surface area contributed by atoms with Crippen LogP contribution in [0.15, 0.2) is 74.0 Å². The van der Waals surface area contributed by atoms with Gasteiger partial charge in [-0.05, 0) is 36.4 Å². The van der Waals surface area contributed by atoms with E-state index in [1.165, 1.54) is 30.0 Å². The average Bonchev–Trinajstić information content (AvgIpc) is 3.04. The summed E-state index contributed by atoms with van der Waals surface area (Å²) in [6.45, 7) is 0. The molecule has 2 atom stereocenters. The van der Waals surface area contributed by atoms with Crippen LogP contribution in [-0.4, -0.2) is 47.3 Å². The van der Waals surface area contributed by atoms with Crippen LogP contribution in [0.25, 0.3) is 0 Å². The van der Waals surface area contributed by atoms with Crippen molar-refractivity contribution in [3.8, 4) is 0 Å². The summed E-state index contributed by atoms with van der Waals surface area (Å²) in [4.78, 5) is 8.17. The third-order valence-corrected chi connectivity index (χ3v) is 8.19. The van der Waals surface area contributed by atoms with Crippen LogP contribution < -0.4 is 21.3 Å². The van der Waals surface area contributed by atoms with Crippen LogP contribution in [-0.2, 0) is 19.7 Å². The number of thioether (sulfide) groups is 1. The number of benzene rings is 2. The Morgan fingerprint density at radius 2 is 1.58 bits per heavy atom. The maximum atomic E-state index is 12.3. The van der Waals surface area contributed by atoms with Crippen molar-refractivity contribution in [2.45, 2.75) is 21.5 Å². The quantitative estimate of drug-likeness (QED) is 0.664. The Kier molecular flexibility index (Phi) is 5.38. The molecule has 0 bridgehead atoms. The lowest BCUT2D eigenvalue weighted by atomic mass is 10.2. The molecule has 0 aliphatic carbocycles. The summed E-state index contributed by atoms with van der Waals surface area (Å²) in [6, 6.07) is 12.9. The van der Waals surface area contributed by atoms with Crippen LogP contribution in [0.4, 0.5) is 11.4 Å². The standard InChI is InChI=1S/C19H21N5O4S3/c1-30(25,26)13-9-7-12(8-10-13)23-11-22-18-16(17(23)20)24(19(21)29-18)14-5-3-4-6-15(14)31(2,27)28/h3-11,17,19H,20-21H2,1-2H3. The van der Waals surface area contributed by atoms with Gasteiger partial charge in [0.2, 0.25) is 0 Å². The second-order valence-corrected chi connectivity index (χ2v) is 12.3. The zero-order valence-electron chi connectivity index (χ0n) is 16.7. The average molecular weight is 480 g/mol. The van der Waals surface area contributed by atoms with E-state index < -0.39 is 31.3 Å². The number of nitrogens with two attached hydrogens (primary N) is 2. The maximum Gasteiger partial charge on any atom is 0.177 e. The van der Waals surface area contributed by atoms with Crippen molar-refractivity contribution in [3.63, 3.8) is 0 Å². The molecule has 0 saturated carbocycles. The summed E-state index contributed by atoms with van der Waals surface area (Å²) in [7, 11) is -6.84. The van der Waals surface area contributed by atoms with Crippen LogP contribution in [0.2, 0.25) is 0 Å². The summed E-state index contributed by atoms with van der Waals surface area (Å²) >= 11 is 1.28. The summed E-state index contributed by atoms with van der Waals surface area (Å²) in [6.07, 6.45) is 3.13. The molecule has 4 N–H and O–H groups in total. The van der Waals surface area contributed by atoms with Crippen molar-refractivity contribution < 1.29 is 16.8 Å². The zero-order valence-corrected chi connectivity index (χ0v) is 19.2. The van der Waals surface area contributed by atoms with E-state index in [9.17, 15) is 16.8 Å². The van der Waals surface area contributed by atoms with Crippen molar-refractivity contribution in [1.82, 2.24) is 0 Å². The van der Waals surface area contributed by atoms with Gasteiger partial charge in [-0.15, -0.1) is 0 Å². The van der Waals surface area contributed by atoms with Crippen molar-refractivity contribution in [2.75, 3.05) is 22.3 Å². The molecule has 0 spiro atoms. The number of sulfone groups is 2. The predicted octanol–water partition coefficient (Wildman–Crippen LogP) is 1.29. The van der Waals surface area contributed by atoms with Crippen molar-refractivity contribution in [2.24, 2.45) is 16.5 Å².